The van der Waals surface area contributed by atoms with Crippen LogP contribution in [0, 0.1) is 11.6 Å². The van der Waals surface area contributed by atoms with Gasteiger partial charge in [-0.05, 0) is 30.7 Å². The summed E-state index contributed by atoms with van der Waals surface area (Å²) in [5.74, 6) is -0.777. The second kappa shape index (κ2) is 8.52. The SMILES string of the molecule is CN(CCCN1C(=O)CSC1c1ccccc1F)C(=O)c1cccc(F)c1. The number of halogens is 2. The Morgan fingerprint density at radius 3 is 2.74 bits per heavy atom. The molecule has 0 aliphatic carbocycles. The predicted molar refractivity (Wildman–Crippen MR) is 101 cm³/mol. The van der Waals surface area contributed by atoms with Gasteiger partial charge in [-0.1, -0.05) is 24.3 Å². The maximum Gasteiger partial charge on any atom is 0.253 e. The molecule has 1 atom stereocenters. The fraction of sp³-hybridized carbons (Fsp3) is 0.300. The van der Waals surface area contributed by atoms with Gasteiger partial charge in [0.25, 0.3) is 5.91 Å². The number of hydrogen-bond donors (Lipinski definition) is 0. The van der Waals surface area contributed by atoms with Gasteiger partial charge in [-0.2, -0.15) is 0 Å². The highest BCUT2D eigenvalue weighted by Crippen LogP contribution is 2.39. The molecule has 1 unspecified atom stereocenters. The van der Waals surface area contributed by atoms with Crippen molar-refractivity contribution in [3.05, 3.63) is 71.3 Å². The lowest BCUT2D eigenvalue weighted by molar-refractivity contribution is -0.128. The molecule has 0 spiro atoms. The molecule has 0 radical (unpaired) electrons. The van der Waals surface area contributed by atoms with Crippen molar-refractivity contribution >= 4 is 23.6 Å². The molecule has 1 aliphatic rings. The molecule has 0 bridgehead atoms. The van der Waals surface area contributed by atoms with Crippen LogP contribution >= 0.6 is 11.8 Å². The summed E-state index contributed by atoms with van der Waals surface area (Å²) in [4.78, 5) is 27.7. The molecule has 4 nitrogen and oxygen atoms in total. The lowest BCUT2D eigenvalue weighted by atomic mass is 10.2. The van der Waals surface area contributed by atoms with Gasteiger partial charge in [-0.3, -0.25) is 9.59 Å². The van der Waals surface area contributed by atoms with Crippen molar-refractivity contribution < 1.29 is 18.4 Å². The van der Waals surface area contributed by atoms with Crippen LogP contribution in [0.15, 0.2) is 48.5 Å². The van der Waals surface area contributed by atoms with Gasteiger partial charge in [0.15, 0.2) is 0 Å². The van der Waals surface area contributed by atoms with Gasteiger partial charge in [0, 0.05) is 31.3 Å². The van der Waals surface area contributed by atoms with Crippen molar-refractivity contribution in [2.75, 3.05) is 25.9 Å². The quantitative estimate of drug-likeness (QED) is 0.755. The number of rotatable bonds is 6. The second-order valence-corrected chi connectivity index (χ2v) is 7.43. The highest BCUT2D eigenvalue weighted by molar-refractivity contribution is 8.00. The van der Waals surface area contributed by atoms with Gasteiger partial charge in [-0.15, -0.1) is 11.8 Å². The topological polar surface area (TPSA) is 40.6 Å². The van der Waals surface area contributed by atoms with Crippen LogP contribution in [0.1, 0.15) is 27.7 Å². The molecule has 0 N–H and O–H groups in total. The molecule has 1 fully saturated rings. The summed E-state index contributed by atoms with van der Waals surface area (Å²) >= 11 is 1.40. The van der Waals surface area contributed by atoms with E-state index in [0.717, 1.165) is 0 Å². The Morgan fingerprint density at radius 1 is 1.22 bits per heavy atom. The molecular weight excluding hydrogens is 370 g/mol. The molecule has 2 amide bonds. The van der Waals surface area contributed by atoms with E-state index < -0.39 is 5.82 Å². The zero-order chi connectivity index (χ0) is 19.4. The van der Waals surface area contributed by atoms with E-state index in [1.54, 1.807) is 36.2 Å². The predicted octanol–water partition coefficient (Wildman–Crippen LogP) is 3.70. The number of nitrogens with zero attached hydrogens (tertiary/aromatic N) is 2. The minimum atomic E-state index is -0.457. The smallest absolute Gasteiger partial charge is 0.253 e. The molecule has 142 valence electrons. The zero-order valence-electron chi connectivity index (χ0n) is 14.9. The number of hydrogen-bond acceptors (Lipinski definition) is 3. The number of carbonyl (C=O) groups excluding carboxylic acids is 2. The Morgan fingerprint density at radius 2 is 2.00 bits per heavy atom. The molecule has 0 aromatic heterocycles. The van der Waals surface area contributed by atoms with Crippen molar-refractivity contribution in [3.63, 3.8) is 0 Å². The van der Waals surface area contributed by atoms with Crippen LogP contribution in [-0.2, 0) is 4.79 Å². The Labute approximate surface area is 161 Å². The number of carbonyl (C=O) groups is 2. The number of amides is 2. The van der Waals surface area contributed by atoms with Crippen LogP contribution in [0.2, 0.25) is 0 Å². The Bertz CT molecular complexity index is 846. The average Bonchev–Trinajstić information content (AvgIpc) is 3.02. The van der Waals surface area contributed by atoms with E-state index in [4.69, 9.17) is 0 Å². The summed E-state index contributed by atoms with van der Waals surface area (Å²) in [5.41, 5.74) is 0.784. The molecular formula is C20H20F2N2O2S. The van der Waals surface area contributed by atoms with E-state index in [2.05, 4.69) is 0 Å². The lowest BCUT2D eigenvalue weighted by Gasteiger charge is -2.26. The molecule has 27 heavy (non-hydrogen) atoms. The van der Waals surface area contributed by atoms with Crippen LogP contribution in [0.3, 0.4) is 0 Å². The monoisotopic (exact) mass is 390 g/mol. The molecule has 0 saturated carbocycles. The first kappa shape index (κ1) is 19.4. The summed E-state index contributed by atoms with van der Waals surface area (Å²) in [6, 6.07) is 12.0. The minimum absolute atomic E-state index is 0.0348. The van der Waals surface area contributed by atoms with E-state index in [1.807, 2.05) is 0 Å². The third kappa shape index (κ3) is 4.47. The molecule has 1 heterocycles. The van der Waals surface area contributed by atoms with E-state index in [-0.39, 0.29) is 28.6 Å². The largest absolute Gasteiger partial charge is 0.342 e. The van der Waals surface area contributed by atoms with Gasteiger partial charge >= 0.3 is 0 Å². The average molecular weight is 390 g/mol. The van der Waals surface area contributed by atoms with Gasteiger partial charge in [0.05, 0.1) is 5.75 Å². The van der Waals surface area contributed by atoms with Crippen LogP contribution in [0.4, 0.5) is 8.78 Å². The summed E-state index contributed by atoms with van der Waals surface area (Å²) in [6.07, 6.45) is 0.550. The van der Waals surface area contributed by atoms with Gasteiger partial charge in [0.1, 0.15) is 17.0 Å². The van der Waals surface area contributed by atoms with Crippen molar-refractivity contribution in [2.24, 2.45) is 0 Å². The molecule has 1 saturated heterocycles. The van der Waals surface area contributed by atoms with Crippen molar-refractivity contribution in [2.45, 2.75) is 11.8 Å². The highest BCUT2D eigenvalue weighted by Gasteiger charge is 2.33. The summed E-state index contributed by atoms with van der Waals surface area (Å²) < 4.78 is 27.4. The molecule has 2 aromatic carbocycles. The fourth-order valence-electron chi connectivity index (χ4n) is 3.05. The third-order valence-electron chi connectivity index (χ3n) is 4.45. The summed E-state index contributed by atoms with van der Waals surface area (Å²) in [5, 5.41) is -0.345. The maximum absolute atomic E-state index is 14.1. The molecule has 7 heteroatoms. The molecule has 1 aliphatic heterocycles. The van der Waals surface area contributed by atoms with Crippen molar-refractivity contribution in [1.29, 1.82) is 0 Å². The van der Waals surface area contributed by atoms with Crippen LogP contribution in [0.25, 0.3) is 0 Å². The minimum Gasteiger partial charge on any atom is -0.342 e. The first-order valence-electron chi connectivity index (χ1n) is 8.64. The second-order valence-electron chi connectivity index (χ2n) is 6.36. The van der Waals surface area contributed by atoms with E-state index in [0.29, 0.717) is 30.8 Å². The third-order valence-corrected chi connectivity index (χ3v) is 5.69. The fourth-order valence-corrected chi connectivity index (χ4v) is 4.29. The van der Waals surface area contributed by atoms with Gasteiger partial charge in [0.2, 0.25) is 5.91 Å². The maximum atomic E-state index is 14.1. The molecule has 2 aromatic rings. The zero-order valence-corrected chi connectivity index (χ0v) is 15.7. The molecule has 3 rings (SSSR count). The van der Waals surface area contributed by atoms with Gasteiger partial charge < -0.3 is 9.80 Å². The standard InChI is InChI=1S/C20H20F2N2O2S/c1-23(19(26)14-6-4-7-15(21)12-14)10-5-11-24-18(25)13-27-20(24)16-8-2-3-9-17(16)22/h2-4,6-9,12,20H,5,10-11,13H2,1H3. The normalized spacial score (nSPS) is 16.6. The van der Waals surface area contributed by atoms with Crippen LogP contribution < -0.4 is 0 Å². The first-order chi connectivity index (χ1) is 13.0. The van der Waals surface area contributed by atoms with Crippen LogP contribution in [-0.4, -0.2) is 47.5 Å². The highest BCUT2D eigenvalue weighted by atomic mass is 32.2. The summed E-state index contributed by atoms with van der Waals surface area (Å²) in [7, 11) is 1.64. The van der Waals surface area contributed by atoms with E-state index in [9.17, 15) is 18.4 Å². The summed E-state index contributed by atoms with van der Waals surface area (Å²) in [6.45, 7) is 0.833. The number of thioether (sulfide) groups is 1. The van der Waals surface area contributed by atoms with Gasteiger partial charge in [-0.25, -0.2) is 8.78 Å². The Hall–Kier alpha value is -2.41. The Kier molecular flexibility index (Phi) is 6.11. The van der Waals surface area contributed by atoms with Crippen molar-refractivity contribution in [3.8, 4) is 0 Å². The lowest BCUT2D eigenvalue weighted by Crippen LogP contribution is -2.33. The van der Waals surface area contributed by atoms with Crippen LogP contribution in [0.5, 0.6) is 0 Å². The van der Waals surface area contributed by atoms with E-state index in [1.165, 1.54) is 40.9 Å². The Balaban J connectivity index is 1.59. The first-order valence-corrected chi connectivity index (χ1v) is 9.69. The number of benzene rings is 2. The van der Waals surface area contributed by atoms with E-state index >= 15 is 0 Å². The van der Waals surface area contributed by atoms with Crippen molar-refractivity contribution in [1.82, 2.24) is 9.80 Å².